The Hall–Kier alpha value is -0.900. The maximum atomic E-state index is 4.60. The van der Waals surface area contributed by atoms with E-state index < -0.39 is 0 Å². The molecule has 1 N–H and O–H groups in total. The predicted molar refractivity (Wildman–Crippen MR) is 75.9 cm³/mol. The fourth-order valence-electron chi connectivity index (χ4n) is 2.06. The topological polar surface area (TPSA) is 42.7 Å². The van der Waals surface area contributed by atoms with Crippen LogP contribution >= 0.6 is 0 Å². The van der Waals surface area contributed by atoms with Crippen LogP contribution in [0.25, 0.3) is 0 Å². The van der Waals surface area contributed by atoms with Gasteiger partial charge < -0.3 is 5.32 Å². The highest BCUT2D eigenvalue weighted by Gasteiger charge is 2.12. The normalized spacial score (nSPS) is 13.2. The van der Waals surface area contributed by atoms with Gasteiger partial charge in [0.1, 0.15) is 5.82 Å². The maximum absolute atomic E-state index is 4.60. The lowest BCUT2D eigenvalue weighted by atomic mass is 10.2. The lowest BCUT2D eigenvalue weighted by Gasteiger charge is -2.15. The van der Waals surface area contributed by atoms with Gasteiger partial charge in [0, 0.05) is 18.9 Å². The number of nitrogens with zero attached hydrogens (tertiary/aromatic N) is 3. The molecular formula is C14H28N4. The van der Waals surface area contributed by atoms with Gasteiger partial charge in [-0.25, -0.2) is 9.67 Å². The van der Waals surface area contributed by atoms with Gasteiger partial charge in [-0.3, -0.25) is 0 Å². The molecule has 0 radical (unpaired) electrons. The molecule has 4 heteroatoms. The summed E-state index contributed by atoms with van der Waals surface area (Å²) in [4.78, 5) is 4.56. The molecule has 0 amide bonds. The largest absolute Gasteiger partial charge is 0.315 e. The van der Waals surface area contributed by atoms with Crippen molar-refractivity contribution in [3.05, 3.63) is 11.6 Å². The first-order valence-electron chi connectivity index (χ1n) is 7.26. The highest BCUT2D eigenvalue weighted by Crippen LogP contribution is 2.15. The van der Waals surface area contributed by atoms with E-state index in [1.807, 2.05) is 0 Å². The second-order valence-electron chi connectivity index (χ2n) is 5.20. The molecule has 1 aromatic heterocycles. The summed E-state index contributed by atoms with van der Waals surface area (Å²) in [6, 6.07) is 1.02. The molecule has 1 unspecified atom stereocenters. The highest BCUT2D eigenvalue weighted by atomic mass is 15.4. The van der Waals surface area contributed by atoms with Crippen LogP contribution in [-0.4, -0.2) is 27.4 Å². The fourth-order valence-corrected chi connectivity index (χ4v) is 2.06. The van der Waals surface area contributed by atoms with E-state index in [9.17, 15) is 0 Å². The van der Waals surface area contributed by atoms with Gasteiger partial charge in [-0.2, -0.15) is 5.10 Å². The molecule has 0 saturated heterocycles. The van der Waals surface area contributed by atoms with Crippen LogP contribution in [0.5, 0.6) is 0 Å². The summed E-state index contributed by atoms with van der Waals surface area (Å²) < 4.78 is 2.12. The Bertz CT molecular complexity index is 344. The Morgan fingerprint density at radius 2 is 1.89 bits per heavy atom. The summed E-state index contributed by atoms with van der Waals surface area (Å²) >= 11 is 0. The minimum Gasteiger partial charge on any atom is -0.315 e. The lowest BCUT2D eigenvalue weighted by molar-refractivity contribution is 0.418. The average molecular weight is 252 g/mol. The van der Waals surface area contributed by atoms with E-state index in [1.54, 1.807) is 0 Å². The van der Waals surface area contributed by atoms with E-state index in [-0.39, 0.29) is 0 Å². The monoisotopic (exact) mass is 252 g/mol. The minimum absolute atomic E-state index is 0.446. The van der Waals surface area contributed by atoms with E-state index in [4.69, 9.17) is 0 Å². The average Bonchev–Trinajstić information content (AvgIpc) is 2.77. The van der Waals surface area contributed by atoms with Gasteiger partial charge in [0.15, 0.2) is 5.82 Å². The first-order chi connectivity index (χ1) is 8.58. The third-order valence-corrected chi connectivity index (χ3v) is 3.15. The van der Waals surface area contributed by atoms with E-state index in [2.05, 4.69) is 54.7 Å². The van der Waals surface area contributed by atoms with Gasteiger partial charge in [0.05, 0.1) is 6.04 Å². The Kier molecular flexibility index (Phi) is 6.33. The lowest BCUT2D eigenvalue weighted by Crippen LogP contribution is -2.24. The Morgan fingerprint density at radius 3 is 2.44 bits per heavy atom. The van der Waals surface area contributed by atoms with E-state index in [0.29, 0.717) is 12.1 Å². The van der Waals surface area contributed by atoms with Gasteiger partial charge >= 0.3 is 0 Å². The van der Waals surface area contributed by atoms with Crippen LogP contribution in [0.4, 0.5) is 0 Å². The van der Waals surface area contributed by atoms with Gasteiger partial charge in [-0.05, 0) is 26.3 Å². The van der Waals surface area contributed by atoms with Crippen molar-refractivity contribution in [2.24, 2.45) is 0 Å². The summed E-state index contributed by atoms with van der Waals surface area (Å²) in [5.41, 5.74) is 0. The number of hydrogen-bond acceptors (Lipinski definition) is 3. The second-order valence-corrected chi connectivity index (χ2v) is 5.20. The molecule has 1 atom stereocenters. The Morgan fingerprint density at radius 1 is 1.17 bits per heavy atom. The van der Waals surface area contributed by atoms with Crippen molar-refractivity contribution in [1.82, 2.24) is 20.1 Å². The summed E-state index contributed by atoms with van der Waals surface area (Å²) in [5.74, 6) is 2.09. The molecular weight excluding hydrogens is 224 g/mol. The molecule has 4 nitrogen and oxygen atoms in total. The first-order valence-corrected chi connectivity index (χ1v) is 7.26. The molecule has 0 aliphatic heterocycles. The molecule has 0 spiro atoms. The molecule has 1 rings (SSSR count). The summed E-state index contributed by atoms with van der Waals surface area (Å²) in [7, 11) is 0. The summed E-state index contributed by atoms with van der Waals surface area (Å²) in [6.07, 6.45) is 4.21. The third kappa shape index (κ3) is 4.41. The number of rotatable bonds is 8. The Labute approximate surface area is 111 Å². The van der Waals surface area contributed by atoms with E-state index in [1.165, 1.54) is 6.42 Å². The van der Waals surface area contributed by atoms with Gasteiger partial charge in [0.2, 0.25) is 0 Å². The maximum Gasteiger partial charge on any atom is 0.150 e. The molecule has 0 fully saturated rings. The van der Waals surface area contributed by atoms with Gasteiger partial charge in [-0.15, -0.1) is 0 Å². The quantitative estimate of drug-likeness (QED) is 0.723. The molecule has 18 heavy (non-hydrogen) atoms. The molecule has 1 heterocycles. The SMILES string of the molecule is CCc1nc(CC)n(C(C)CCCNC(C)C)n1. The fraction of sp³-hybridized carbons (Fsp3) is 0.857. The molecule has 0 aliphatic rings. The second kappa shape index (κ2) is 7.52. The van der Waals surface area contributed by atoms with Crippen molar-refractivity contribution in [3.8, 4) is 0 Å². The molecule has 0 saturated carbocycles. The zero-order chi connectivity index (χ0) is 13.5. The van der Waals surface area contributed by atoms with E-state index in [0.717, 1.165) is 37.5 Å². The van der Waals surface area contributed by atoms with Gasteiger partial charge in [0.25, 0.3) is 0 Å². The van der Waals surface area contributed by atoms with Crippen LogP contribution in [0.3, 0.4) is 0 Å². The number of nitrogens with one attached hydrogen (secondary N) is 1. The van der Waals surface area contributed by atoms with Crippen LogP contribution in [0.2, 0.25) is 0 Å². The molecule has 0 aromatic carbocycles. The predicted octanol–water partition coefficient (Wildman–Crippen LogP) is 2.74. The number of aromatic nitrogens is 3. The third-order valence-electron chi connectivity index (χ3n) is 3.15. The van der Waals surface area contributed by atoms with Crippen molar-refractivity contribution in [1.29, 1.82) is 0 Å². The van der Waals surface area contributed by atoms with Crippen LogP contribution in [0.1, 0.15) is 65.2 Å². The molecule has 1 aromatic rings. The minimum atomic E-state index is 0.446. The van der Waals surface area contributed by atoms with Crippen molar-refractivity contribution >= 4 is 0 Å². The van der Waals surface area contributed by atoms with Gasteiger partial charge in [-0.1, -0.05) is 27.7 Å². The number of hydrogen-bond donors (Lipinski definition) is 1. The molecule has 104 valence electrons. The smallest absolute Gasteiger partial charge is 0.150 e. The van der Waals surface area contributed by atoms with Crippen LogP contribution in [0.15, 0.2) is 0 Å². The standard InChI is InChI=1S/C14H28N4/c1-6-13-16-14(7-2)18(17-13)12(5)9-8-10-15-11(3)4/h11-12,15H,6-10H2,1-5H3. The summed E-state index contributed by atoms with van der Waals surface area (Å²) in [6.45, 7) is 11.9. The first kappa shape index (κ1) is 15.2. The zero-order valence-electron chi connectivity index (χ0n) is 12.5. The molecule has 0 aliphatic carbocycles. The van der Waals surface area contributed by atoms with E-state index >= 15 is 0 Å². The number of aryl methyl sites for hydroxylation is 2. The van der Waals surface area contributed by atoms with Crippen LogP contribution < -0.4 is 5.32 Å². The zero-order valence-corrected chi connectivity index (χ0v) is 12.5. The van der Waals surface area contributed by atoms with Crippen molar-refractivity contribution in [3.63, 3.8) is 0 Å². The molecule has 0 bridgehead atoms. The van der Waals surface area contributed by atoms with Crippen LogP contribution in [0, 0.1) is 0 Å². The van der Waals surface area contributed by atoms with Crippen molar-refractivity contribution in [2.45, 2.75) is 72.4 Å². The Balaban J connectivity index is 2.49. The highest BCUT2D eigenvalue weighted by molar-refractivity contribution is 4.94. The van der Waals surface area contributed by atoms with Crippen LogP contribution in [-0.2, 0) is 12.8 Å². The summed E-state index contributed by atoms with van der Waals surface area (Å²) in [5, 5.41) is 8.05. The van der Waals surface area contributed by atoms with Crippen molar-refractivity contribution < 1.29 is 0 Å². The van der Waals surface area contributed by atoms with Crippen molar-refractivity contribution in [2.75, 3.05) is 6.54 Å².